The van der Waals surface area contributed by atoms with Gasteiger partial charge in [-0.05, 0) is 35.4 Å². The van der Waals surface area contributed by atoms with Gasteiger partial charge in [-0.2, -0.15) is 15.1 Å². The Balaban J connectivity index is 1.37. The largest absolute Gasteiger partial charge is 0.489 e. The van der Waals surface area contributed by atoms with Crippen LogP contribution in [0.1, 0.15) is 11.1 Å². The highest BCUT2D eigenvalue weighted by Crippen LogP contribution is 2.19. The van der Waals surface area contributed by atoms with E-state index in [2.05, 4.69) is 20.4 Å². The van der Waals surface area contributed by atoms with Gasteiger partial charge in [0.2, 0.25) is 5.95 Å². The molecule has 0 saturated carbocycles. The van der Waals surface area contributed by atoms with Gasteiger partial charge in [-0.15, -0.1) is 0 Å². The van der Waals surface area contributed by atoms with Crippen LogP contribution in [-0.2, 0) is 20.2 Å². The number of aryl methyl sites for hydroxylation is 1. The summed E-state index contributed by atoms with van der Waals surface area (Å²) in [7, 11) is 1.81. The van der Waals surface area contributed by atoms with Crippen molar-refractivity contribution in [2.75, 3.05) is 11.1 Å². The topological polar surface area (TPSA) is 90.9 Å². The molecule has 2 heterocycles. The van der Waals surface area contributed by atoms with E-state index in [4.69, 9.17) is 10.5 Å². The van der Waals surface area contributed by atoms with Crippen LogP contribution < -0.4 is 15.8 Å². The molecular weight excluding hydrogens is 359 g/mol. The lowest BCUT2D eigenvalue weighted by molar-refractivity contribution is 0.305. The van der Waals surface area contributed by atoms with Crippen LogP contribution >= 0.6 is 0 Å². The molecule has 0 aliphatic rings. The molecule has 0 saturated heterocycles. The number of rotatable bonds is 6. The van der Waals surface area contributed by atoms with E-state index in [1.165, 1.54) is 12.1 Å². The van der Waals surface area contributed by atoms with Gasteiger partial charge in [-0.25, -0.2) is 4.39 Å². The van der Waals surface area contributed by atoms with Crippen molar-refractivity contribution in [1.82, 2.24) is 19.7 Å². The molecule has 28 heavy (non-hydrogen) atoms. The Kier molecular flexibility index (Phi) is 4.76. The summed E-state index contributed by atoms with van der Waals surface area (Å²) in [6.45, 7) is 0.847. The van der Waals surface area contributed by atoms with Gasteiger partial charge in [0.25, 0.3) is 0 Å². The number of anilines is 2. The van der Waals surface area contributed by atoms with Crippen molar-refractivity contribution >= 4 is 22.8 Å². The first-order valence-electron chi connectivity index (χ1n) is 8.74. The Morgan fingerprint density at radius 3 is 2.71 bits per heavy atom. The summed E-state index contributed by atoms with van der Waals surface area (Å²) in [5, 5.41) is 8.04. The highest BCUT2D eigenvalue weighted by molar-refractivity contribution is 5.86. The highest BCUT2D eigenvalue weighted by Gasteiger charge is 2.09. The van der Waals surface area contributed by atoms with Gasteiger partial charge in [0, 0.05) is 13.6 Å². The molecule has 8 heteroatoms. The van der Waals surface area contributed by atoms with E-state index < -0.39 is 0 Å². The fourth-order valence-electron chi connectivity index (χ4n) is 2.80. The number of benzene rings is 2. The van der Waals surface area contributed by atoms with Gasteiger partial charge >= 0.3 is 0 Å². The number of fused-ring (bicyclic) bond motifs is 1. The summed E-state index contributed by atoms with van der Waals surface area (Å²) in [5.74, 6) is 1.28. The highest BCUT2D eigenvalue weighted by atomic mass is 19.1. The molecule has 0 bridgehead atoms. The molecule has 0 unspecified atom stereocenters. The third-order valence-corrected chi connectivity index (χ3v) is 4.29. The van der Waals surface area contributed by atoms with Crippen molar-refractivity contribution in [3.63, 3.8) is 0 Å². The standard InChI is InChI=1S/C20H19FN6O/c1-27-19-17(11-24-27)18(22)25-20(26-19)23-10-13-5-7-16(8-6-13)28-12-14-3-2-4-15(21)9-14/h2-9,11H,10,12H2,1H3,(H3,22,23,25,26). The number of hydrogen-bond donors (Lipinski definition) is 2. The van der Waals surface area contributed by atoms with Crippen molar-refractivity contribution in [3.8, 4) is 5.75 Å². The van der Waals surface area contributed by atoms with Gasteiger partial charge in [0.15, 0.2) is 5.65 Å². The first kappa shape index (κ1) is 17.7. The Morgan fingerprint density at radius 1 is 1.11 bits per heavy atom. The third kappa shape index (κ3) is 3.85. The Bertz CT molecular complexity index is 1110. The van der Waals surface area contributed by atoms with Crippen LogP contribution in [0.25, 0.3) is 11.0 Å². The lowest BCUT2D eigenvalue weighted by Gasteiger charge is -2.09. The number of halogens is 1. The minimum absolute atomic E-state index is 0.269. The fraction of sp³-hybridized carbons (Fsp3) is 0.150. The van der Waals surface area contributed by atoms with Gasteiger partial charge < -0.3 is 15.8 Å². The molecule has 0 aliphatic heterocycles. The summed E-state index contributed by atoms with van der Waals surface area (Å²) >= 11 is 0. The van der Waals surface area contributed by atoms with Crippen LogP contribution in [0.15, 0.2) is 54.7 Å². The zero-order valence-electron chi connectivity index (χ0n) is 15.3. The van der Waals surface area contributed by atoms with Gasteiger partial charge in [0.05, 0.1) is 11.6 Å². The summed E-state index contributed by atoms with van der Waals surface area (Å²) in [5.41, 5.74) is 8.46. The van der Waals surface area contributed by atoms with E-state index in [0.717, 1.165) is 16.5 Å². The predicted octanol–water partition coefficient (Wildman–Crippen LogP) is 3.28. The molecule has 2 aromatic heterocycles. The molecule has 0 amide bonds. The van der Waals surface area contributed by atoms with E-state index in [9.17, 15) is 4.39 Å². The minimum atomic E-state index is -0.269. The van der Waals surface area contributed by atoms with Crippen LogP contribution in [0.2, 0.25) is 0 Å². The molecule has 0 fully saturated rings. The number of nitrogens with zero attached hydrogens (tertiary/aromatic N) is 4. The van der Waals surface area contributed by atoms with E-state index in [-0.39, 0.29) is 5.82 Å². The van der Waals surface area contributed by atoms with Crippen LogP contribution in [0.3, 0.4) is 0 Å². The van der Waals surface area contributed by atoms with Crippen LogP contribution in [0, 0.1) is 5.82 Å². The zero-order chi connectivity index (χ0) is 19.5. The molecule has 3 N–H and O–H groups in total. The number of ether oxygens (including phenoxy) is 1. The van der Waals surface area contributed by atoms with Crippen molar-refractivity contribution in [2.24, 2.45) is 7.05 Å². The van der Waals surface area contributed by atoms with E-state index in [0.29, 0.717) is 36.3 Å². The smallest absolute Gasteiger partial charge is 0.226 e. The number of nitrogen functional groups attached to an aromatic ring is 1. The maximum Gasteiger partial charge on any atom is 0.226 e. The Morgan fingerprint density at radius 2 is 1.93 bits per heavy atom. The minimum Gasteiger partial charge on any atom is -0.489 e. The van der Waals surface area contributed by atoms with E-state index in [1.807, 2.05) is 30.3 Å². The van der Waals surface area contributed by atoms with Crippen molar-refractivity contribution in [3.05, 3.63) is 71.7 Å². The molecule has 142 valence electrons. The molecule has 0 radical (unpaired) electrons. The molecule has 4 aromatic rings. The molecule has 7 nitrogen and oxygen atoms in total. The second-order valence-corrected chi connectivity index (χ2v) is 6.35. The number of aromatic nitrogens is 4. The second-order valence-electron chi connectivity index (χ2n) is 6.35. The number of nitrogens with two attached hydrogens (primary N) is 1. The Labute approximate surface area is 161 Å². The van der Waals surface area contributed by atoms with Crippen molar-refractivity contribution < 1.29 is 9.13 Å². The fourth-order valence-corrected chi connectivity index (χ4v) is 2.80. The molecule has 0 aliphatic carbocycles. The SMILES string of the molecule is Cn1ncc2c(N)nc(NCc3ccc(OCc4cccc(F)c4)cc3)nc21. The quantitative estimate of drug-likeness (QED) is 0.535. The average molecular weight is 378 g/mol. The molecule has 0 atom stereocenters. The first-order valence-corrected chi connectivity index (χ1v) is 8.74. The van der Waals surface area contributed by atoms with Crippen LogP contribution in [-0.4, -0.2) is 19.7 Å². The maximum atomic E-state index is 13.2. The molecular formula is C20H19FN6O. The lowest BCUT2D eigenvalue weighted by atomic mass is 10.2. The average Bonchev–Trinajstić information content (AvgIpc) is 3.07. The molecule has 0 spiro atoms. The first-order chi connectivity index (χ1) is 13.6. The molecule has 4 rings (SSSR count). The lowest BCUT2D eigenvalue weighted by Crippen LogP contribution is -2.06. The third-order valence-electron chi connectivity index (χ3n) is 4.29. The summed E-state index contributed by atoms with van der Waals surface area (Å²) < 4.78 is 20.6. The van der Waals surface area contributed by atoms with Gasteiger partial charge in [-0.3, -0.25) is 4.68 Å². The second kappa shape index (κ2) is 7.51. The zero-order valence-corrected chi connectivity index (χ0v) is 15.3. The van der Waals surface area contributed by atoms with Crippen LogP contribution in [0.5, 0.6) is 5.75 Å². The summed E-state index contributed by atoms with van der Waals surface area (Å²) in [6.07, 6.45) is 1.65. The predicted molar refractivity (Wildman–Crippen MR) is 105 cm³/mol. The normalized spacial score (nSPS) is 10.9. The van der Waals surface area contributed by atoms with Gasteiger partial charge in [0.1, 0.15) is 24.0 Å². The summed E-state index contributed by atoms with van der Waals surface area (Å²) in [6, 6.07) is 14.0. The van der Waals surface area contributed by atoms with Crippen LogP contribution in [0.4, 0.5) is 16.2 Å². The number of nitrogens with one attached hydrogen (secondary N) is 1. The summed E-state index contributed by atoms with van der Waals surface area (Å²) in [4.78, 5) is 8.71. The van der Waals surface area contributed by atoms with Crippen molar-refractivity contribution in [2.45, 2.75) is 13.2 Å². The van der Waals surface area contributed by atoms with Crippen molar-refractivity contribution in [1.29, 1.82) is 0 Å². The Hall–Kier alpha value is -3.68. The van der Waals surface area contributed by atoms with E-state index >= 15 is 0 Å². The monoisotopic (exact) mass is 378 g/mol. The molecule has 2 aromatic carbocycles. The number of hydrogen-bond acceptors (Lipinski definition) is 6. The van der Waals surface area contributed by atoms with E-state index in [1.54, 1.807) is 24.0 Å². The maximum absolute atomic E-state index is 13.2. The van der Waals surface area contributed by atoms with Gasteiger partial charge in [-0.1, -0.05) is 24.3 Å².